The van der Waals surface area contributed by atoms with E-state index in [1.54, 1.807) is 17.2 Å². The monoisotopic (exact) mass is 354 g/mol. The van der Waals surface area contributed by atoms with E-state index in [9.17, 15) is 10.1 Å². The van der Waals surface area contributed by atoms with Gasteiger partial charge in [-0.15, -0.1) is 11.3 Å². The summed E-state index contributed by atoms with van der Waals surface area (Å²) in [6.45, 7) is 6.70. The van der Waals surface area contributed by atoms with Crippen LogP contribution < -0.4 is 9.64 Å². The molecule has 2 aromatic rings. The Bertz CT molecular complexity index is 707. The molecule has 7 nitrogen and oxygen atoms in total. The van der Waals surface area contributed by atoms with E-state index in [0.29, 0.717) is 23.4 Å². The summed E-state index contributed by atoms with van der Waals surface area (Å²) in [5.74, 6) is 0.565. The fraction of sp³-hybridized carbons (Fsp3) is 0.286. The number of ether oxygens (including phenoxy) is 1. The molecule has 0 N–H and O–H groups in total. The van der Waals surface area contributed by atoms with E-state index in [1.807, 2.05) is 6.92 Å². The Hall–Kier alpha value is -2.19. The normalized spacial score (nSPS) is 10.3. The van der Waals surface area contributed by atoms with Crippen LogP contribution in [0.4, 0.5) is 11.5 Å². The number of hydrogen-bond donors (Lipinski definition) is 0. The number of nitrogens with zero attached hydrogens (tertiary/aromatic N) is 4. The minimum Gasteiger partial charge on any atom is -0.473 e. The van der Waals surface area contributed by atoms with Crippen LogP contribution in [0.5, 0.6) is 5.88 Å². The fourth-order valence-corrected chi connectivity index (χ4v) is 2.90. The number of aromatic nitrogens is 2. The zero-order valence-electron chi connectivity index (χ0n) is 12.4. The first-order valence-corrected chi connectivity index (χ1v) is 7.98. The Morgan fingerprint density at radius 3 is 2.91 bits per heavy atom. The van der Waals surface area contributed by atoms with Gasteiger partial charge in [-0.05, 0) is 6.92 Å². The van der Waals surface area contributed by atoms with Crippen LogP contribution in [0.2, 0.25) is 4.47 Å². The van der Waals surface area contributed by atoms with Gasteiger partial charge in [-0.1, -0.05) is 24.3 Å². The predicted molar refractivity (Wildman–Crippen MR) is 90.4 cm³/mol. The zero-order valence-corrected chi connectivity index (χ0v) is 14.0. The first-order chi connectivity index (χ1) is 11.0. The second-order valence-corrected chi connectivity index (χ2v) is 6.14. The lowest BCUT2D eigenvalue weighted by Gasteiger charge is -2.21. The number of thiazole rings is 1. The predicted octanol–water partition coefficient (Wildman–Crippen LogP) is 3.69. The van der Waals surface area contributed by atoms with Crippen LogP contribution in [0.25, 0.3) is 0 Å². The van der Waals surface area contributed by atoms with Crippen LogP contribution in [-0.4, -0.2) is 28.0 Å². The maximum atomic E-state index is 11.3. The van der Waals surface area contributed by atoms with Crippen LogP contribution in [0.15, 0.2) is 31.0 Å². The van der Waals surface area contributed by atoms with Crippen LogP contribution in [-0.2, 0) is 6.54 Å². The van der Waals surface area contributed by atoms with Crippen molar-refractivity contribution in [2.24, 2.45) is 0 Å². The van der Waals surface area contributed by atoms with E-state index < -0.39 is 4.92 Å². The Balaban J connectivity index is 2.34. The molecule has 0 fully saturated rings. The summed E-state index contributed by atoms with van der Waals surface area (Å²) >= 11 is 7.16. The molecule has 0 amide bonds. The molecule has 0 spiro atoms. The minimum absolute atomic E-state index is 0.0755. The minimum atomic E-state index is -0.456. The summed E-state index contributed by atoms with van der Waals surface area (Å²) in [6, 6.07) is 2.87. The summed E-state index contributed by atoms with van der Waals surface area (Å²) in [7, 11) is 0. The largest absolute Gasteiger partial charge is 0.473 e. The van der Waals surface area contributed by atoms with E-state index in [2.05, 4.69) is 16.5 Å². The van der Waals surface area contributed by atoms with Gasteiger partial charge in [0.15, 0.2) is 4.47 Å². The fourth-order valence-electron chi connectivity index (χ4n) is 1.90. The van der Waals surface area contributed by atoms with Gasteiger partial charge in [0.2, 0.25) is 11.7 Å². The second-order valence-electron chi connectivity index (χ2n) is 4.44. The molecule has 0 atom stereocenters. The third kappa shape index (κ3) is 4.40. The lowest BCUT2D eigenvalue weighted by Crippen LogP contribution is -2.23. The lowest BCUT2D eigenvalue weighted by molar-refractivity contribution is -0.384. The van der Waals surface area contributed by atoms with Gasteiger partial charge in [0.05, 0.1) is 11.5 Å². The molecule has 0 aliphatic heterocycles. The van der Waals surface area contributed by atoms with Crippen molar-refractivity contribution in [2.45, 2.75) is 13.5 Å². The standard InChI is InChI=1S/C14H15ClN4O3S/c1-3-7-22-12-6-5-11(19(20)21)13(17-12)18(4-2)9-10-8-16-14(15)23-10/h3,5-6,8H,1,4,7,9H2,2H3. The number of hydrogen-bond acceptors (Lipinski definition) is 7. The van der Waals surface area contributed by atoms with E-state index in [0.717, 1.165) is 4.88 Å². The molecule has 9 heteroatoms. The molecule has 0 unspecified atom stereocenters. The van der Waals surface area contributed by atoms with Gasteiger partial charge in [-0.25, -0.2) is 4.98 Å². The molecule has 0 aliphatic carbocycles. The summed E-state index contributed by atoms with van der Waals surface area (Å²) in [5, 5.41) is 11.3. The summed E-state index contributed by atoms with van der Waals surface area (Å²) < 4.78 is 5.80. The molecular weight excluding hydrogens is 340 g/mol. The van der Waals surface area contributed by atoms with Crippen LogP contribution in [0.1, 0.15) is 11.8 Å². The van der Waals surface area contributed by atoms with Crippen LogP contribution >= 0.6 is 22.9 Å². The highest BCUT2D eigenvalue weighted by molar-refractivity contribution is 7.15. The summed E-state index contributed by atoms with van der Waals surface area (Å²) in [4.78, 5) is 21.7. The van der Waals surface area contributed by atoms with Crippen molar-refractivity contribution in [3.63, 3.8) is 0 Å². The molecule has 0 saturated heterocycles. The van der Waals surface area contributed by atoms with Crippen LogP contribution in [0.3, 0.4) is 0 Å². The van der Waals surface area contributed by atoms with Crippen molar-refractivity contribution in [1.82, 2.24) is 9.97 Å². The average Bonchev–Trinajstić information content (AvgIpc) is 2.95. The molecule has 2 rings (SSSR count). The maximum absolute atomic E-state index is 11.3. The van der Waals surface area contributed by atoms with Gasteiger partial charge in [0, 0.05) is 29.8 Å². The van der Waals surface area contributed by atoms with E-state index in [4.69, 9.17) is 16.3 Å². The maximum Gasteiger partial charge on any atom is 0.311 e. The molecule has 2 heterocycles. The highest BCUT2D eigenvalue weighted by Gasteiger charge is 2.22. The Morgan fingerprint density at radius 1 is 1.57 bits per heavy atom. The number of pyridine rings is 1. The van der Waals surface area contributed by atoms with Gasteiger partial charge >= 0.3 is 5.69 Å². The highest BCUT2D eigenvalue weighted by atomic mass is 35.5. The second kappa shape index (κ2) is 7.89. The quantitative estimate of drug-likeness (QED) is 0.408. The number of rotatable bonds is 8. The highest BCUT2D eigenvalue weighted by Crippen LogP contribution is 2.30. The topological polar surface area (TPSA) is 81.4 Å². The molecule has 122 valence electrons. The van der Waals surface area contributed by atoms with Gasteiger partial charge in [0.1, 0.15) is 6.61 Å². The molecule has 2 aromatic heterocycles. The van der Waals surface area contributed by atoms with Gasteiger partial charge < -0.3 is 9.64 Å². The molecule has 0 radical (unpaired) electrons. The van der Waals surface area contributed by atoms with E-state index in [-0.39, 0.29) is 18.1 Å². The van der Waals surface area contributed by atoms with Crippen molar-refractivity contribution in [3.8, 4) is 5.88 Å². The molecule has 0 aliphatic rings. The van der Waals surface area contributed by atoms with Gasteiger partial charge in [0.25, 0.3) is 0 Å². The van der Waals surface area contributed by atoms with E-state index in [1.165, 1.54) is 23.5 Å². The smallest absolute Gasteiger partial charge is 0.311 e. The number of anilines is 1. The molecule has 0 saturated carbocycles. The first-order valence-electron chi connectivity index (χ1n) is 6.79. The third-order valence-corrected chi connectivity index (χ3v) is 4.03. The number of halogens is 1. The third-order valence-electron chi connectivity index (χ3n) is 2.93. The SMILES string of the molecule is C=CCOc1ccc([N+](=O)[O-])c(N(CC)Cc2cnc(Cl)s2)n1. The Kier molecular flexibility index (Phi) is 5.89. The Labute approximate surface area is 142 Å². The lowest BCUT2D eigenvalue weighted by atomic mass is 10.3. The molecule has 23 heavy (non-hydrogen) atoms. The van der Waals surface area contributed by atoms with Crippen molar-refractivity contribution >= 4 is 34.4 Å². The van der Waals surface area contributed by atoms with Crippen molar-refractivity contribution in [2.75, 3.05) is 18.1 Å². The molecular formula is C14H15ClN4O3S. The van der Waals surface area contributed by atoms with Crippen LogP contribution in [0, 0.1) is 10.1 Å². The average molecular weight is 355 g/mol. The van der Waals surface area contributed by atoms with Gasteiger partial charge in [-0.3, -0.25) is 10.1 Å². The van der Waals surface area contributed by atoms with Crippen molar-refractivity contribution < 1.29 is 9.66 Å². The van der Waals surface area contributed by atoms with Crippen molar-refractivity contribution in [3.05, 3.63) is 50.4 Å². The van der Waals surface area contributed by atoms with Gasteiger partial charge in [-0.2, -0.15) is 4.98 Å². The number of nitro groups is 1. The molecule has 0 bridgehead atoms. The summed E-state index contributed by atoms with van der Waals surface area (Å²) in [6.07, 6.45) is 3.24. The Morgan fingerprint density at radius 2 is 2.35 bits per heavy atom. The first kappa shape index (κ1) is 17.2. The van der Waals surface area contributed by atoms with Crippen molar-refractivity contribution in [1.29, 1.82) is 0 Å². The summed E-state index contributed by atoms with van der Waals surface area (Å²) in [5.41, 5.74) is -0.0755. The zero-order chi connectivity index (χ0) is 16.8. The van der Waals surface area contributed by atoms with E-state index >= 15 is 0 Å². The molecule has 0 aromatic carbocycles.